The van der Waals surface area contributed by atoms with Crippen molar-refractivity contribution in [3.63, 3.8) is 0 Å². The first-order valence-electron chi connectivity index (χ1n) is 8.04. The highest BCUT2D eigenvalue weighted by Crippen LogP contribution is 2.28. The molecule has 1 aromatic carbocycles. The van der Waals surface area contributed by atoms with Crippen LogP contribution in [0.3, 0.4) is 0 Å². The minimum Gasteiger partial charge on any atom is -0.323 e. The third kappa shape index (κ3) is 4.93. The molecule has 3 rings (SSSR count). The lowest BCUT2D eigenvalue weighted by molar-refractivity contribution is -0.138. The van der Waals surface area contributed by atoms with Gasteiger partial charge < -0.3 is 10.6 Å². The lowest BCUT2D eigenvalue weighted by Gasteiger charge is -2.06. The zero-order chi connectivity index (χ0) is 20.1. The number of nitrogens with zero attached hydrogens (tertiary/aromatic N) is 4. The molecule has 0 spiro atoms. The Morgan fingerprint density at radius 1 is 1.11 bits per heavy atom. The molecule has 1 amide bonds. The maximum absolute atomic E-state index is 12.5. The highest BCUT2D eigenvalue weighted by molar-refractivity contribution is 5.98. The Labute approximate surface area is 157 Å². The van der Waals surface area contributed by atoms with E-state index in [1.807, 2.05) is 12.1 Å². The number of carbonyl (C=O) groups excluding carboxylic acids is 1. The van der Waals surface area contributed by atoms with Gasteiger partial charge >= 0.3 is 6.18 Å². The van der Waals surface area contributed by atoms with Crippen molar-refractivity contribution in [1.82, 2.24) is 19.7 Å². The van der Waals surface area contributed by atoms with Crippen molar-refractivity contribution in [1.29, 1.82) is 0 Å². The smallest absolute Gasteiger partial charge is 0.323 e. The van der Waals surface area contributed by atoms with Gasteiger partial charge in [-0.15, -0.1) is 0 Å². The van der Waals surface area contributed by atoms with Crippen molar-refractivity contribution in [3.8, 4) is 0 Å². The quantitative estimate of drug-likeness (QED) is 0.630. The highest BCUT2D eigenvalue weighted by atomic mass is 19.4. The number of hydrogen-bond donors (Lipinski definition) is 2. The lowest BCUT2D eigenvalue weighted by atomic mass is 10.2. The molecule has 0 radical (unpaired) electrons. The molecule has 0 atom stereocenters. The molecule has 0 aliphatic rings. The van der Waals surface area contributed by atoms with Crippen molar-refractivity contribution < 1.29 is 18.0 Å². The fourth-order valence-electron chi connectivity index (χ4n) is 2.26. The van der Waals surface area contributed by atoms with Crippen LogP contribution < -0.4 is 10.6 Å². The van der Waals surface area contributed by atoms with E-state index >= 15 is 0 Å². The van der Waals surface area contributed by atoms with Crippen LogP contribution in [0.25, 0.3) is 0 Å². The van der Waals surface area contributed by atoms with E-state index in [2.05, 4.69) is 32.3 Å². The first-order valence-corrected chi connectivity index (χ1v) is 8.04. The average molecular weight is 388 g/mol. The number of anilines is 3. The number of halogens is 3. The van der Waals surface area contributed by atoms with Crippen molar-refractivity contribution in [2.75, 3.05) is 10.6 Å². The van der Waals surface area contributed by atoms with Gasteiger partial charge in [-0.3, -0.25) is 9.48 Å². The van der Waals surface area contributed by atoms with Crippen LogP contribution in [-0.2, 0) is 17.5 Å². The molecule has 3 aromatic rings. The number of hydrogen-bond acceptors (Lipinski definition) is 5. The van der Waals surface area contributed by atoms with Gasteiger partial charge in [0, 0.05) is 24.3 Å². The predicted octanol–water partition coefficient (Wildman–Crippen LogP) is 3.61. The van der Waals surface area contributed by atoms with Crippen LogP contribution in [0.1, 0.15) is 11.1 Å². The Balaban J connectivity index is 1.61. The third-order valence-electron chi connectivity index (χ3n) is 3.62. The van der Waals surface area contributed by atoms with Crippen LogP contribution in [0, 0.1) is 0 Å². The number of aromatic nitrogens is 4. The fraction of sp³-hybridized carbons (Fsp3) is 0.111. The van der Waals surface area contributed by atoms with Gasteiger partial charge in [0.05, 0.1) is 24.0 Å². The molecule has 0 unspecified atom stereocenters. The monoisotopic (exact) mass is 388 g/mol. The van der Waals surface area contributed by atoms with Crippen LogP contribution in [0.4, 0.5) is 30.5 Å². The van der Waals surface area contributed by atoms with Crippen molar-refractivity contribution >= 4 is 23.2 Å². The van der Waals surface area contributed by atoms with Crippen LogP contribution in [-0.4, -0.2) is 25.7 Å². The molecule has 0 saturated heterocycles. The van der Waals surface area contributed by atoms with Gasteiger partial charge in [-0.05, 0) is 23.8 Å². The van der Waals surface area contributed by atoms with Crippen LogP contribution in [0.2, 0.25) is 0 Å². The molecule has 0 saturated carbocycles. The van der Waals surface area contributed by atoms with E-state index in [9.17, 15) is 18.0 Å². The zero-order valence-electron chi connectivity index (χ0n) is 14.4. The van der Waals surface area contributed by atoms with Crippen LogP contribution >= 0.6 is 0 Å². The average Bonchev–Trinajstić information content (AvgIpc) is 3.09. The molecule has 7 nitrogen and oxygen atoms in total. The van der Waals surface area contributed by atoms with E-state index in [4.69, 9.17) is 0 Å². The standard InChI is InChI=1S/C18H15F3N6O/c1-2-16(28)25-14-5-3-12(4-6-14)10-27-11-15(9-24-27)26-17-22-7-13(8-23-17)18(19,20)21/h2-9,11H,1,10H2,(H,25,28)(H,22,23,26). The predicted molar refractivity (Wildman–Crippen MR) is 96.9 cm³/mol. The summed E-state index contributed by atoms with van der Waals surface area (Å²) in [5.74, 6) is -0.254. The number of benzene rings is 1. The molecule has 28 heavy (non-hydrogen) atoms. The molecule has 2 aromatic heterocycles. The summed E-state index contributed by atoms with van der Waals surface area (Å²) in [6.07, 6.45) is 1.33. The summed E-state index contributed by atoms with van der Waals surface area (Å²) < 4.78 is 39.2. The number of nitrogens with one attached hydrogen (secondary N) is 2. The molecule has 0 aliphatic heterocycles. The molecular weight excluding hydrogens is 373 g/mol. The fourth-order valence-corrected chi connectivity index (χ4v) is 2.26. The Bertz CT molecular complexity index is 964. The van der Waals surface area contributed by atoms with Gasteiger partial charge in [0.25, 0.3) is 0 Å². The van der Waals surface area contributed by atoms with Gasteiger partial charge in [0.15, 0.2) is 0 Å². The SMILES string of the molecule is C=CC(=O)Nc1ccc(Cn2cc(Nc3ncc(C(F)(F)F)cn3)cn2)cc1. The Kier molecular flexibility index (Phi) is 5.39. The minimum atomic E-state index is -4.48. The molecule has 2 heterocycles. The number of rotatable bonds is 6. The van der Waals surface area contributed by atoms with E-state index in [1.165, 1.54) is 12.3 Å². The normalized spacial score (nSPS) is 11.1. The molecule has 144 valence electrons. The first-order chi connectivity index (χ1) is 13.3. The van der Waals surface area contributed by atoms with Crippen molar-refractivity contribution in [2.24, 2.45) is 0 Å². The van der Waals surface area contributed by atoms with E-state index in [0.29, 0.717) is 30.3 Å². The summed E-state index contributed by atoms with van der Waals surface area (Å²) >= 11 is 0. The van der Waals surface area contributed by atoms with Crippen molar-refractivity contribution in [2.45, 2.75) is 12.7 Å². The molecule has 2 N–H and O–H groups in total. The van der Waals surface area contributed by atoms with Gasteiger partial charge in [-0.2, -0.15) is 18.3 Å². The van der Waals surface area contributed by atoms with Crippen molar-refractivity contribution in [3.05, 3.63) is 72.8 Å². The third-order valence-corrected chi connectivity index (χ3v) is 3.62. The summed E-state index contributed by atoms with van der Waals surface area (Å²) in [6, 6.07) is 7.20. The molecule has 0 aliphatic carbocycles. The largest absolute Gasteiger partial charge is 0.419 e. The number of alkyl halides is 3. The van der Waals surface area contributed by atoms with Crippen LogP contribution in [0.15, 0.2) is 61.7 Å². The molecule has 10 heteroatoms. The second kappa shape index (κ2) is 7.91. The summed E-state index contributed by atoms with van der Waals surface area (Å²) in [6.45, 7) is 3.85. The minimum absolute atomic E-state index is 0.0369. The lowest BCUT2D eigenvalue weighted by Crippen LogP contribution is -2.07. The number of amides is 1. The van der Waals surface area contributed by atoms with Gasteiger partial charge in [-0.1, -0.05) is 18.7 Å². The highest BCUT2D eigenvalue weighted by Gasteiger charge is 2.31. The Morgan fingerprint density at radius 2 is 1.79 bits per heavy atom. The van der Waals surface area contributed by atoms with E-state index in [-0.39, 0.29) is 11.9 Å². The summed E-state index contributed by atoms with van der Waals surface area (Å²) in [4.78, 5) is 18.6. The molecule has 0 fully saturated rings. The Morgan fingerprint density at radius 3 is 2.39 bits per heavy atom. The van der Waals surface area contributed by atoms with Gasteiger partial charge in [-0.25, -0.2) is 9.97 Å². The second-order valence-electron chi connectivity index (χ2n) is 5.73. The number of carbonyl (C=O) groups is 1. The second-order valence-corrected chi connectivity index (χ2v) is 5.73. The maximum Gasteiger partial charge on any atom is 0.419 e. The summed E-state index contributed by atoms with van der Waals surface area (Å²) in [5, 5.41) is 9.63. The maximum atomic E-state index is 12.5. The van der Waals surface area contributed by atoms with Gasteiger partial charge in [0.1, 0.15) is 0 Å². The molecular formula is C18H15F3N6O. The Hall–Kier alpha value is -3.69. The zero-order valence-corrected chi connectivity index (χ0v) is 14.4. The van der Waals surface area contributed by atoms with E-state index < -0.39 is 11.7 Å². The van der Waals surface area contributed by atoms with E-state index in [0.717, 1.165) is 5.56 Å². The van der Waals surface area contributed by atoms with Gasteiger partial charge in [0.2, 0.25) is 11.9 Å². The summed E-state index contributed by atoms with van der Waals surface area (Å²) in [5.41, 5.74) is 1.21. The topological polar surface area (TPSA) is 84.7 Å². The summed E-state index contributed by atoms with van der Waals surface area (Å²) in [7, 11) is 0. The van der Waals surface area contributed by atoms with E-state index in [1.54, 1.807) is 23.0 Å². The van der Waals surface area contributed by atoms with Crippen LogP contribution in [0.5, 0.6) is 0 Å². The molecule has 0 bridgehead atoms. The first kappa shape index (κ1) is 19.1.